The van der Waals surface area contributed by atoms with Crippen LogP contribution in [0.25, 0.3) is 0 Å². The van der Waals surface area contributed by atoms with E-state index in [0.717, 1.165) is 25.9 Å². The number of hydrogen-bond acceptors (Lipinski definition) is 7. The molecule has 0 aliphatic heterocycles. The topological polar surface area (TPSA) is 89.4 Å². The van der Waals surface area contributed by atoms with Gasteiger partial charge in [-0.1, -0.05) is 155 Å². The summed E-state index contributed by atoms with van der Waals surface area (Å²) in [5.74, 6) is 0. The molecule has 0 heterocycles. The van der Waals surface area contributed by atoms with Crippen molar-refractivity contribution in [3.05, 3.63) is 0 Å². The van der Waals surface area contributed by atoms with E-state index in [0.29, 0.717) is 39.6 Å². The Morgan fingerprint density at radius 1 is 0.455 bits per heavy atom. The van der Waals surface area contributed by atoms with Gasteiger partial charge in [-0.3, -0.25) is 5.32 Å². The number of ether oxygens (including phenoxy) is 4. The highest BCUT2D eigenvalue weighted by Crippen LogP contribution is 2.13. The maximum absolute atomic E-state index is 10.2. The minimum absolute atomic E-state index is 0.0290. The smallest absolute Gasteiger partial charge is 0.213 e. The highest BCUT2D eigenvalue weighted by atomic mass is 16.6. The summed E-state index contributed by atoms with van der Waals surface area (Å²) in [5.41, 5.74) is 0. The molecule has 2 atom stereocenters. The van der Waals surface area contributed by atoms with Gasteiger partial charge in [0.2, 0.25) is 6.41 Å². The number of rotatable bonds is 39. The average Bonchev–Trinajstić information content (AvgIpc) is 3.03. The van der Waals surface area contributed by atoms with Crippen molar-refractivity contribution in [1.82, 2.24) is 5.32 Å². The van der Waals surface area contributed by atoms with Crippen LogP contribution < -0.4 is 5.32 Å². The molecule has 0 saturated carbocycles. The third-order valence-corrected chi connectivity index (χ3v) is 8.26. The molecule has 44 heavy (non-hydrogen) atoms. The van der Waals surface area contributed by atoms with Crippen LogP contribution in [-0.2, 0) is 18.9 Å². The van der Waals surface area contributed by atoms with Gasteiger partial charge in [-0.15, -0.1) is 0 Å². The van der Waals surface area contributed by atoms with E-state index in [-0.39, 0.29) is 12.7 Å². The summed E-state index contributed by atoms with van der Waals surface area (Å²) < 4.78 is 23.0. The molecule has 0 rings (SSSR count). The van der Waals surface area contributed by atoms with Crippen LogP contribution in [0.15, 0.2) is 0 Å². The Hall–Kier alpha value is -0.280. The zero-order valence-corrected chi connectivity index (χ0v) is 29.5. The molecule has 0 amide bonds. The van der Waals surface area contributed by atoms with Gasteiger partial charge < -0.3 is 29.2 Å². The summed E-state index contributed by atoms with van der Waals surface area (Å²) in [5, 5.41) is 21.9. The first kappa shape index (κ1) is 43.7. The van der Waals surface area contributed by atoms with E-state index in [2.05, 4.69) is 19.2 Å². The van der Waals surface area contributed by atoms with Crippen LogP contribution >= 0.6 is 0 Å². The summed E-state index contributed by atoms with van der Waals surface area (Å²) in [4.78, 5) is 0. The number of hydrogen-bond donors (Lipinski definition) is 3. The Kier molecular flexibility index (Phi) is 38.7. The predicted octanol–water partition coefficient (Wildman–Crippen LogP) is 9.07. The SMILES string of the molecule is CCCCCCCCCCCCCCOCC(COC(O)NCCCOCCO)OCCCCCCCCCCCCCC. The molecule has 0 saturated heterocycles. The fourth-order valence-corrected chi connectivity index (χ4v) is 5.42. The third kappa shape index (κ3) is 36.2. The first-order valence-electron chi connectivity index (χ1n) is 19.2. The molecule has 0 spiro atoms. The lowest BCUT2D eigenvalue weighted by molar-refractivity contribution is -0.156. The Morgan fingerprint density at radius 2 is 0.886 bits per heavy atom. The van der Waals surface area contributed by atoms with Crippen LogP contribution in [0.5, 0.6) is 0 Å². The van der Waals surface area contributed by atoms with E-state index in [9.17, 15) is 5.11 Å². The molecule has 2 unspecified atom stereocenters. The number of aliphatic hydroxyl groups excluding tert-OH is 2. The second kappa shape index (κ2) is 38.9. The van der Waals surface area contributed by atoms with Crippen molar-refractivity contribution in [1.29, 1.82) is 0 Å². The monoisotopic (exact) mass is 632 g/mol. The largest absolute Gasteiger partial charge is 0.394 e. The van der Waals surface area contributed by atoms with Crippen LogP contribution in [0, 0.1) is 0 Å². The third-order valence-electron chi connectivity index (χ3n) is 8.26. The van der Waals surface area contributed by atoms with Gasteiger partial charge in [0, 0.05) is 26.4 Å². The van der Waals surface area contributed by atoms with E-state index in [4.69, 9.17) is 24.1 Å². The second-order valence-corrected chi connectivity index (χ2v) is 12.7. The molecule has 266 valence electrons. The lowest BCUT2D eigenvalue weighted by Gasteiger charge is -2.21. The van der Waals surface area contributed by atoms with Gasteiger partial charge in [-0.2, -0.15) is 0 Å². The van der Waals surface area contributed by atoms with Gasteiger partial charge in [0.25, 0.3) is 0 Å². The lowest BCUT2D eigenvalue weighted by Crippen LogP contribution is -2.37. The molecular formula is C37H77NO6. The normalized spacial score (nSPS) is 13.1. The second-order valence-electron chi connectivity index (χ2n) is 12.7. The van der Waals surface area contributed by atoms with Crippen molar-refractivity contribution >= 4 is 0 Å². The maximum Gasteiger partial charge on any atom is 0.213 e. The molecule has 0 aromatic heterocycles. The molecule has 0 fully saturated rings. The molecule has 0 aromatic rings. The van der Waals surface area contributed by atoms with Crippen LogP contribution in [0.3, 0.4) is 0 Å². The lowest BCUT2D eigenvalue weighted by atomic mass is 10.1. The highest BCUT2D eigenvalue weighted by molar-refractivity contribution is 4.58. The molecule has 3 N–H and O–H groups in total. The minimum Gasteiger partial charge on any atom is -0.394 e. The summed E-state index contributed by atoms with van der Waals surface area (Å²) in [6, 6.07) is 0. The Labute approximate surface area is 273 Å². The van der Waals surface area contributed by atoms with Gasteiger partial charge in [0.1, 0.15) is 6.10 Å². The van der Waals surface area contributed by atoms with Crippen LogP contribution in [0.2, 0.25) is 0 Å². The van der Waals surface area contributed by atoms with E-state index < -0.39 is 6.41 Å². The van der Waals surface area contributed by atoms with Gasteiger partial charge in [-0.25, -0.2) is 0 Å². The summed E-state index contributed by atoms with van der Waals surface area (Å²) in [6.07, 6.45) is 31.5. The molecular weight excluding hydrogens is 554 g/mol. The fourth-order valence-electron chi connectivity index (χ4n) is 5.42. The van der Waals surface area contributed by atoms with Crippen molar-refractivity contribution < 1.29 is 29.2 Å². The summed E-state index contributed by atoms with van der Waals surface area (Å²) in [6.45, 7) is 8.30. The molecule has 0 aliphatic rings. The first-order valence-corrected chi connectivity index (χ1v) is 19.2. The zero-order chi connectivity index (χ0) is 32.0. The molecule has 0 radical (unpaired) electrons. The number of nitrogens with one attached hydrogen (secondary N) is 1. The standard InChI is InChI=1S/C37H77NO6/c1-3-5-7-9-11-13-15-17-19-21-23-25-30-42-34-36(35-44-37(40)38-28-27-31-41-33-29-39)43-32-26-24-22-20-18-16-14-12-10-8-6-4-2/h36-40H,3-35H2,1-2H3. The van der Waals surface area contributed by atoms with Crippen LogP contribution in [0.1, 0.15) is 174 Å². The quantitative estimate of drug-likeness (QED) is 0.0461. The maximum atomic E-state index is 10.2. The minimum atomic E-state index is -1.04. The zero-order valence-electron chi connectivity index (χ0n) is 29.5. The summed E-state index contributed by atoms with van der Waals surface area (Å²) in [7, 11) is 0. The van der Waals surface area contributed by atoms with Crippen molar-refractivity contribution in [2.75, 3.05) is 52.8 Å². The Morgan fingerprint density at radius 3 is 1.36 bits per heavy atom. The Bertz CT molecular complexity index is 512. The fraction of sp³-hybridized carbons (Fsp3) is 1.00. The number of unbranched alkanes of at least 4 members (excludes halogenated alkanes) is 22. The predicted molar refractivity (Wildman–Crippen MR) is 185 cm³/mol. The summed E-state index contributed by atoms with van der Waals surface area (Å²) >= 11 is 0. The molecule has 7 nitrogen and oxygen atoms in total. The van der Waals surface area contributed by atoms with Crippen molar-refractivity contribution in [2.45, 2.75) is 187 Å². The average molecular weight is 632 g/mol. The van der Waals surface area contributed by atoms with Gasteiger partial charge in [0.15, 0.2) is 0 Å². The van der Waals surface area contributed by atoms with Crippen LogP contribution in [0.4, 0.5) is 0 Å². The van der Waals surface area contributed by atoms with E-state index >= 15 is 0 Å². The molecule has 0 aromatic carbocycles. The van der Waals surface area contributed by atoms with Crippen molar-refractivity contribution in [3.8, 4) is 0 Å². The molecule has 0 aliphatic carbocycles. The van der Waals surface area contributed by atoms with Crippen molar-refractivity contribution in [3.63, 3.8) is 0 Å². The van der Waals surface area contributed by atoms with Gasteiger partial charge in [0.05, 0.1) is 26.4 Å². The van der Waals surface area contributed by atoms with Crippen LogP contribution in [-0.4, -0.2) is 75.5 Å². The highest BCUT2D eigenvalue weighted by Gasteiger charge is 2.13. The van der Waals surface area contributed by atoms with E-state index in [1.807, 2.05) is 0 Å². The van der Waals surface area contributed by atoms with Gasteiger partial charge >= 0.3 is 0 Å². The van der Waals surface area contributed by atoms with E-state index in [1.165, 1.54) is 141 Å². The molecule has 0 bridgehead atoms. The first-order chi connectivity index (χ1) is 21.7. The van der Waals surface area contributed by atoms with E-state index in [1.54, 1.807) is 0 Å². The molecule has 7 heteroatoms. The van der Waals surface area contributed by atoms with Gasteiger partial charge in [-0.05, 0) is 19.3 Å². The van der Waals surface area contributed by atoms with Crippen molar-refractivity contribution in [2.24, 2.45) is 0 Å². The number of aliphatic hydroxyl groups is 2. The Balaban J connectivity index is 3.98.